The maximum atomic E-state index is 13.1. The molecule has 0 bridgehead atoms. The van der Waals surface area contributed by atoms with Crippen LogP contribution in [0.3, 0.4) is 0 Å². The highest BCUT2D eigenvalue weighted by molar-refractivity contribution is 7.47. The summed E-state index contributed by atoms with van der Waals surface area (Å²) < 4.78 is 48.3. The number of carbonyl (C=O) groups is 4. The molecule has 3 aliphatic rings. The molecule has 67 heavy (non-hydrogen) atoms. The molecule has 4 aromatic heterocycles. The molecule has 11 atom stereocenters. The lowest BCUT2D eigenvalue weighted by Gasteiger charge is -2.27. The second-order valence-corrected chi connectivity index (χ2v) is 17.0. The number of nitrogens with two attached hydrogens (primary N) is 4. The average Bonchev–Trinajstić information content (AvgIpc) is 4.09. The van der Waals surface area contributed by atoms with Gasteiger partial charge in [-0.2, -0.15) is 30.1 Å². The summed E-state index contributed by atoms with van der Waals surface area (Å²) >= 11 is 0. The first-order chi connectivity index (χ1) is 31.7. The zero-order valence-corrected chi connectivity index (χ0v) is 38.0. The molecule has 7 heterocycles. The van der Waals surface area contributed by atoms with Gasteiger partial charge in [0, 0.05) is 26.5 Å². The second kappa shape index (κ2) is 20.5. The van der Waals surface area contributed by atoms with Crippen molar-refractivity contribution in [1.82, 2.24) is 49.7 Å². The first kappa shape index (κ1) is 49.9. The lowest BCUT2D eigenvalue weighted by molar-refractivity contribution is -0.171. The van der Waals surface area contributed by atoms with E-state index in [1.54, 1.807) is 41.5 Å². The van der Waals surface area contributed by atoms with Gasteiger partial charge in [-0.1, -0.05) is 27.7 Å². The van der Waals surface area contributed by atoms with E-state index in [0.717, 1.165) is 0 Å². The van der Waals surface area contributed by atoms with E-state index >= 15 is 0 Å². The Kier molecular flexibility index (Phi) is 15.3. The van der Waals surface area contributed by atoms with Crippen molar-refractivity contribution >= 4 is 90.9 Å². The van der Waals surface area contributed by atoms with Crippen molar-refractivity contribution in [3.63, 3.8) is 0 Å². The quantitative estimate of drug-likeness (QED) is 0.0270. The number of nitrogens with zero attached hydrogens (tertiary/aromatic N) is 10. The lowest BCUT2D eigenvalue weighted by Crippen LogP contribution is -2.50. The highest BCUT2D eigenvalue weighted by Gasteiger charge is 2.60. The summed E-state index contributed by atoms with van der Waals surface area (Å²) in [6.07, 6.45) is -6.99. The van der Waals surface area contributed by atoms with Gasteiger partial charge in [-0.05, 0) is 25.7 Å². The fourth-order valence-electron chi connectivity index (χ4n) is 6.97. The van der Waals surface area contributed by atoms with Crippen LogP contribution >= 0.6 is 7.82 Å². The number of ether oxygens (including phenoxy) is 4. The van der Waals surface area contributed by atoms with E-state index in [1.807, 2.05) is 0 Å². The molecule has 1 unspecified atom stereocenters. The van der Waals surface area contributed by atoms with Gasteiger partial charge >= 0.3 is 19.8 Å². The molecule has 3 aliphatic heterocycles. The molecule has 0 aliphatic carbocycles. The van der Waals surface area contributed by atoms with Crippen LogP contribution < -0.4 is 44.4 Å². The Bertz CT molecular complexity index is 2560. The van der Waals surface area contributed by atoms with Crippen molar-refractivity contribution < 1.29 is 56.6 Å². The Labute approximate surface area is 380 Å². The molecule has 3 fully saturated rings. The van der Waals surface area contributed by atoms with Crippen LogP contribution in [0.25, 0.3) is 22.3 Å². The molecule has 0 spiro atoms. The van der Waals surface area contributed by atoms with Crippen LogP contribution in [0.1, 0.15) is 54.0 Å². The molecule has 7 rings (SSSR count). The number of hydrazone groups is 2. The van der Waals surface area contributed by atoms with Crippen molar-refractivity contribution in [3.05, 3.63) is 12.7 Å². The SMILES string of the molecule is C=NNc1nc(N)c2ncn([C@@H]3O[C@H](C(=O)NCC)[C@@H](OC(=O)[C@@H](N)C(C)C)[C@H]3OC(=O)[C@@H](N)C(C)C)c2n1.C=NNc1nc(N)c2ncn([C@@H]3O[C@H](C(=O)NCC)[C@H]4OP(=O)(O)O[C@H]43)c2n1. The Morgan fingerprint density at radius 1 is 0.746 bits per heavy atom. The van der Waals surface area contributed by atoms with Crippen molar-refractivity contribution in [2.24, 2.45) is 33.5 Å². The van der Waals surface area contributed by atoms with Gasteiger partial charge in [0.05, 0.1) is 12.7 Å². The van der Waals surface area contributed by atoms with Gasteiger partial charge in [0.15, 0.2) is 59.8 Å². The molecule has 2 amide bonds. The summed E-state index contributed by atoms with van der Waals surface area (Å²) in [5, 5.41) is 12.3. The van der Waals surface area contributed by atoms with E-state index in [2.05, 4.69) is 75.0 Å². The summed E-state index contributed by atoms with van der Waals surface area (Å²) in [7, 11) is -4.33. The monoisotopic (exact) mass is 960 g/mol. The summed E-state index contributed by atoms with van der Waals surface area (Å²) in [4.78, 5) is 86.1. The molecule has 0 radical (unpaired) electrons. The van der Waals surface area contributed by atoms with Gasteiger partial charge in [-0.3, -0.25) is 37.4 Å². The second-order valence-electron chi connectivity index (χ2n) is 15.7. The minimum Gasteiger partial charge on any atom is -0.454 e. The van der Waals surface area contributed by atoms with Gasteiger partial charge in [0.25, 0.3) is 11.8 Å². The Hall–Kier alpha value is -6.53. The zero-order valence-electron chi connectivity index (χ0n) is 37.1. The number of rotatable bonds is 16. The molecule has 31 heteroatoms. The van der Waals surface area contributed by atoms with Crippen molar-refractivity contribution in [2.75, 3.05) is 35.4 Å². The number of fused-ring (bicyclic) bond motifs is 3. The number of phosphoric ester groups is 1. The predicted molar refractivity (Wildman–Crippen MR) is 236 cm³/mol. The van der Waals surface area contributed by atoms with Crippen LogP contribution in [-0.2, 0) is 51.7 Å². The summed E-state index contributed by atoms with van der Waals surface area (Å²) in [6.45, 7) is 17.7. The average molecular weight is 961 g/mol. The number of aromatic nitrogens is 8. The molecule has 4 aromatic rings. The minimum atomic E-state index is -4.33. The molecule has 0 saturated carbocycles. The third-order valence-electron chi connectivity index (χ3n) is 10.4. The maximum absolute atomic E-state index is 13.1. The Balaban J connectivity index is 0.000000232. The zero-order chi connectivity index (χ0) is 49.1. The van der Waals surface area contributed by atoms with E-state index in [4.69, 9.17) is 50.9 Å². The number of likely N-dealkylation sites (N-methyl/N-ethyl adjacent to an activating group) is 2. The van der Waals surface area contributed by atoms with Crippen LogP contribution in [0.4, 0.5) is 23.5 Å². The van der Waals surface area contributed by atoms with Gasteiger partial charge < -0.3 is 57.4 Å². The number of nitrogen functional groups attached to an aromatic ring is 2. The van der Waals surface area contributed by atoms with Crippen molar-refractivity contribution in [3.8, 4) is 0 Å². The first-order valence-corrected chi connectivity index (χ1v) is 22.2. The minimum absolute atomic E-state index is 0.0104. The molecule has 0 aromatic carbocycles. The van der Waals surface area contributed by atoms with E-state index in [9.17, 15) is 28.6 Å². The molecule has 364 valence electrons. The highest BCUT2D eigenvalue weighted by Crippen LogP contribution is 2.58. The molecular weight excluding hydrogens is 907 g/mol. The number of imidazole rings is 2. The number of anilines is 4. The Morgan fingerprint density at radius 3 is 1.64 bits per heavy atom. The number of nitrogens with one attached hydrogen (secondary N) is 4. The number of hydrogen-bond donors (Lipinski definition) is 9. The van der Waals surface area contributed by atoms with Crippen LogP contribution in [0.15, 0.2) is 22.9 Å². The number of hydrogen-bond acceptors (Lipinski definition) is 25. The van der Waals surface area contributed by atoms with Crippen molar-refractivity contribution in [1.29, 1.82) is 0 Å². The number of amides is 2. The van der Waals surface area contributed by atoms with Gasteiger partial charge in [0.1, 0.15) is 35.3 Å². The van der Waals surface area contributed by atoms with Crippen LogP contribution in [0, 0.1) is 11.8 Å². The highest BCUT2D eigenvalue weighted by atomic mass is 31.2. The number of phosphoric acid groups is 1. The topological polar surface area (TPSA) is 425 Å². The third kappa shape index (κ3) is 10.4. The summed E-state index contributed by atoms with van der Waals surface area (Å²) in [5.41, 5.74) is 29.8. The fourth-order valence-corrected chi connectivity index (χ4v) is 8.09. The third-order valence-corrected chi connectivity index (χ3v) is 11.4. The Morgan fingerprint density at radius 2 is 1.18 bits per heavy atom. The smallest absolute Gasteiger partial charge is 0.454 e. The van der Waals surface area contributed by atoms with Crippen molar-refractivity contribution in [2.45, 2.75) is 103 Å². The molecular formula is C36H53N18O12P. The largest absolute Gasteiger partial charge is 0.473 e. The standard InChI is InChI=1S/C23H36N10O6.C13H17N8O6P/c1-7-28-19(34)15-14(38-21(35)11(24)9(2)3)16(39-22(36)12(25)10(4)5)20(37-15)33-8-29-13-17(26)30-23(32-27-6)31-18(13)33;1-3-16-11(22)7-6-8(27-28(23,24)26-6)12(25-7)21-4-17-5-9(14)18-13(20-15-2)19-10(5)21/h8-12,14-16,20H,6-7,24-25H2,1-5H3,(H,28,34)(H3,26,30,31,32);4,6-8,12H,2-3H2,1H3,(H,16,22)(H,23,24)(H3,14,18,19,20)/t11-,12-,14+,15-,16+,20+;6-,7+,8-,12-/m01/s1. The molecule has 30 nitrogen and oxygen atoms in total. The van der Waals surface area contributed by atoms with E-state index in [1.165, 1.54) is 21.8 Å². The van der Waals surface area contributed by atoms with Crippen LogP contribution in [0.5, 0.6) is 0 Å². The predicted octanol–water partition coefficient (Wildman–Crippen LogP) is -1.39. The van der Waals surface area contributed by atoms with Gasteiger partial charge in [-0.15, -0.1) is 0 Å². The first-order valence-electron chi connectivity index (χ1n) is 20.7. The van der Waals surface area contributed by atoms with Crippen LogP contribution in [-0.4, -0.2) is 143 Å². The summed E-state index contributed by atoms with van der Waals surface area (Å²) in [6, 6.07) is -2.01. The molecule has 3 saturated heterocycles. The number of carbonyl (C=O) groups excluding carboxylic acids is 4. The van der Waals surface area contributed by atoms with Crippen LogP contribution in [0.2, 0.25) is 0 Å². The van der Waals surface area contributed by atoms with E-state index in [0.29, 0.717) is 6.54 Å². The van der Waals surface area contributed by atoms with Gasteiger partial charge in [0.2, 0.25) is 11.9 Å². The normalized spacial score (nSPS) is 26.3. The molecule has 13 N–H and O–H groups in total. The lowest BCUT2D eigenvalue weighted by atomic mass is 10.0. The van der Waals surface area contributed by atoms with E-state index in [-0.39, 0.29) is 64.2 Å². The fraction of sp³-hybridized carbons (Fsp3) is 0.556. The maximum Gasteiger partial charge on any atom is 0.473 e. The van der Waals surface area contributed by atoms with E-state index < -0.39 is 92.7 Å². The number of esters is 2. The van der Waals surface area contributed by atoms with Gasteiger partial charge in [-0.25, -0.2) is 25.4 Å². The summed E-state index contributed by atoms with van der Waals surface area (Å²) in [5.74, 6) is -3.05.